The van der Waals surface area contributed by atoms with E-state index < -0.39 is 11.7 Å². The second kappa shape index (κ2) is 13.2. The van der Waals surface area contributed by atoms with Gasteiger partial charge in [0.1, 0.15) is 5.75 Å². The summed E-state index contributed by atoms with van der Waals surface area (Å²) in [7, 11) is 0. The average Bonchev–Trinajstić information content (AvgIpc) is 2.93. The van der Waals surface area contributed by atoms with Crippen LogP contribution < -0.4 is 10.1 Å². The lowest BCUT2D eigenvalue weighted by Gasteiger charge is -2.49. The number of fused-ring (bicyclic) bond motifs is 1. The minimum Gasteiger partial charge on any atom is -0.493 e. The number of rotatable bonds is 10. The second-order valence-electron chi connectivity index (χ2n) is 10.6. The van der Waals surface area contributed by atoms with Gasteiger partial charge >= 0.3 is 6.18 Å². The van der Waals surface area contributed by atoms with Gasteiger partial charge in [-0.15, -0.1) is 0 Å². The normalized spacial score (nSPS) is 20.1. The Hall–Kier alpha value is -2.62. The number of nitrogens with zero attached hydrogens (tertiary/aromatic N) is 2. The van der Waals surface area contributed by atoms with Crippen molar-refractivity contribution in [2.45, 2.75) is 64.2 Å². The molecule has 1 amide bonds. The van der Waals surface area contributed by atoms with Gasteiger partial charge in [0.25, 0.3) is 5.91 Å². The van der Waals surface area contributed by atoms with Crippen molar-refractivity contribution in [3.8, 4) is 5.75 Å². The quantitative estimate of drug-likeness (QED) is 0.405. The number of benzene rings is 2. The van der Waals surface area contributed by atoms with Crippen LogP contribution in [-0.2, 0) is 6.18 Å². The molecule has 2 heterocycles. The van der Waals surface area contributed by atoms with E-state index in [1.54, 1.807) is 4.90 Å². The van der Waals surface area contributed by atoms with E-state index in [1.165, 1.54) is 23.3 Å². The summed E-state index contributed by atoms with van der Waals surface area (Å²) in [5.41, 5.74) is 3.26. The molecule has 2 aromatic carbocycles. The van der Waals surface area contributed by atoms with E-state index in [0.717, 1.165) is 68.6 Å². The molecule has 2 saturated heterocycles. The van der Waals surface area contributed by atoms with Crippen LogP contribution in [0.4, 0.5) is 13.2 Å². The summed E-state index contributed by atoms with van der Waals surface area (Å²) in [5, 5.41) is 12.0. The van der Waals surface area contributed by atoms with Crippen molar-refractivity contribution in [3.05, 3.63) is 64.2 Å². The fraction of sp³-hybridized carbons (Fsp3) is 0.567. The molecule has 0 aromatic heterocycles. The standard InChI is InChI=1S/C30H40F3N3O3/c1-21-22(2)28(39-19-4-3-14-34-15-18-37)13-12-26(21)27-7-5-6-25-20-35(16-17-36(25)27)29(38)23-8-10-24(11-9-23)30(31,32)33/h8-13,25,27,34,37H,3-7,14-20H2,1-2H3/t25-,27?/m0/s1. The van der Waals surface area contributed by atoms with Crippen LogP contribution in [-0.4, -0.2) is 72.8 Å². The number of amides is 1. The number of piperazine rings is 1. The number of piperidine rings is 1. The first-order valence-electron chi connectivity index (χ1n) is 14.0. The molecule has 2 fully saturated rings. The van der Waals surface area contributed by atoms with Gasteiger partial charge in [0.05, 0.1) is 18.8 Å². The summed E-state index contributed by atoms with van der Waals surface area (Å²) < 4.78 is 44.8. The van der Waals surface area contributed by atoms with Crippen molar-refractivity contribution < 1.29 is 27.8 Å². The largest absolute Gasteiger partial charge is 0.493 e. The lowest BCUT2D eigenvalue weighted by Crippen LogP contribution is -2.57. The molecule has 0 aliphatic carbocycles. The number of aliphatic hydroxyl groups excluding tert-OH is 1. The molecule has 2 aliphatic heterocycles. The molecule has 1 unspecified atom stereocenters. The highest BCUT2D eigenvalue weighted by atomic mass is 19.4. The topological polar surface area (TPSA) is 65.0 Å². The van der Waals surface area contributed by atoms with Gasteiger partial charge in [-0.05, 0) is 99.5 Å². The number of hydrogen-bond donors (Lipinski definition) is 2. The van der Waals surface area contributed by atoms with Crippen molar-refractivity contribution in [2.24, 2.45) is 0 Å². The maximum atomic E-state index is 13.1. The first-order chi connectivity index (χ1) is 18.7. The Morgan fingerprint density at radius 2 is 1.79 bits per heavy atom. The van der Waals surface area contributed by atoms with Gasteiger partial charge in [-0.25, -0.2) is 0 Å². The molecule has 6 nitrogen and oxygen atoms in total. The Kier molecular flexibility index (Phi) is 9.91. The molecule has 2 N–H and O–H groups in total. The minimum atomic E-state index is -4.41. The number of aliphatic hydroxyl groups is 1. The van der Waals surface area contributed by atoms with Gasteiger partial charge < -0.3 is 20.1 Å². The zero-order chi connectivity index (χ0) is 28.0. The smallest absolute Gasteiger partial charge is 0.416 e. The third-order valence-electron chi connectivity index (χ3n) is 8.12. The van der Waals surface area contributed by atoms with E-state index in [2.05, 4.69) is 36.2 Å². The highest BCUT2D eigenvalue weighted by molar-refractivity contribution is 5.94. The number of nitrogens with one attached hydrogen (secondary N) is 1. The van der Waals surface area contributed by atoms with Crippen LogP contribution in [0.15, 0.2) is 36.4 Å². The predicted octanol–water partition coefficient (Wildman–Crippen LogP) is 5.11. The fourth-order valence-corrected chi connectivity index (χ4v) is 5.82. The molecule has 2 aromatic rings. The summed E-state index contributed by atoms with van der Waals surface area (Å²) in [6.45, 7) is 8.44. The molecule has 0 bridgehead atoms. The summed E-state index contributed by atoms with van der Waals surface area (Å²) in [5.74, 6) is 0.710. The van der Waals surface area contributed by atoms with E-state index in [1.807, 2.05) is 0 Å². The minimum absolute atomic E-state index is 0.152. The van der Waals surface area contributed by atoms with Gasteiger partial charge in [0.15, 0.2) is 0 Å². The van der Waals surface area contributed by atoms with Gasteiger partial charge in [-0.3, -0.25) is 9.69 Å². The molecule has 2 atom stereocenters. The van der Waals surface area contributed by atoms with Gasteiger partial charge in [-0.2, -0.15) is 13.2 Å². The van der Waals surface area contributed by atoms with Crippen LogP contribution in [0.3, 0.4) is 0 Å². The summed E-state index contributed by atoms with van der Waals surface area (Å²) in [6.07, 6.45) is 0.647. The highest BCUT2D eigenvalue weighted by Gasteiger charge is 2.38. The van der Waals surface area contributed by atoms with Crippen molar-refractivity contribution in [1.82, 2.24) is 15.1 Å². The number of ether oxygens (including phenoxy) is 1. The molecule has 2 aliphatic rings. The number of unbranched alkanes of at least 4 members (excludes halogenated alkanes) is 1. The SMILES string of the molecule is Cc1c(OCCCCNCCO)ccc(C2CCC[C@H]3CN(C(=O)c4ccc(C(F)(F)F)cc4)CCN23)c1C. The van der Waals surface area contributed by atoms with Crippen LogP contribution in [0.1, 0.15) is 70.8 Å². The Bertz CT molecular complexity index is 1110. The van der Waals surface area contributed by atoms with Crippen LogP contribution in [0, 0.1) is 13.8 Å². The molecule has 39 heavy (non-hydrogen) atoms. The highest BCUT2D eigenvalue weighted by Crippen LogP contribution is 2.40. The summed E-state index contributed by atoms with van der Waals surface area (Å²) in [4.78, 5) is 17.4. The maximum absolute atomic E-state index is 13.1. The first-order valence-corrected chi connectivity index (χ1v) is 14.0. The number of carbonyl (C=O) groups excluding carboxylic acids is 1. The molecular weight excluding hydrogens is 507 g/mol. The maximum Gasteiger partial charge on any atom is 0.416 e. The third kappa shape index (κ3) is 7.13. The van der Waals surface area contributed by atoms with Crippen molar-refractivity contribution >= 4 is 5.91 Å². The Labute approximate surface area is 229 Å². The lowest BCUT2D eigenvalue weighted by molar-refractivity contribution is -0.137. The van der Waals surface area contributed by atoms with E-state index in [4.69, 9.17) is 9.84 Å². The molecular formula is C30H40F3N3O3. The monoisotopic (exact) mass is 547 g/mol. The van der Waals surface area contributed by atoms with Crippen LogP contribution >= 0.6 is 0 Å². The Morgan fingerprint density at radius 1 is 1.03 bits per heavy atom. The van der Waals surface area contributed by atoms with Crippen LogP contribution in [0.25, 0.3) is 0 Å². The number of carbonyl (C=O) groups is 1. The first kappa shape index (κ1) is 29.4. The van der Waals surface area contributed by atoms with E-state index in [0.29, 0.717) is 31.8 Å². The zero-order valence-corrected chi connectivity index (χ0v) is 22.9. The number of halogens is 3. The average molecular weight is 548 g/mol. The van der Waals surface area contributed by atoms with Gasteiger partial charge in [-0.1, -0.05) is 6.07 Å². The Balaban J connectivity index is 1.36. The lowest BCUT2D eigenvalue weighted by atomic mass is 9.86. The van der Waals surface area contributed by atoms with Crippen LogP contribution in [0.5, 0.6) is 5.75 Å². The Morgan fingerprint density at radius 3 is 2.51 bits per heavy atom. The molecule has 0 radical (unpaired) electrons. The number of alkyl halides is 3. The number of hydrogen-bond acceptors (Lipinski definition) is 5. The van der Waals surface area contributed by atoms with Crippen molar-refractivity contribution in [3.63, 3.8) is 0 Å². The molecule has 214 valence electrons. The van der Waals surface area contributed by atoms with E-state index in [9.17, 15) is 18.0 Å². The zero-order valence-electron chi connectivity index (χ0n) is 22.9. The molecule has 4 rings (SSSR count). The second-order valence-corrected chi connectivity index (χ2v) is 10.6. The van der Waals surface area contributed by atoms with E-state index >= 15 is 0 Å². The van der Waals surface area contributed by atoms with Crippen molar-refractivity contribution in [1.29, 1.82) is 0 Å². The molecule has 9 heteroatoms. The van der Waals surface area contributed by atoms with Gasteiger partial charge in [0, 0.05) is 43.8 Å². The van der Waals surface area contributed by atoms with E-state index in [-0.39, 0.29) is 24.6 Å². The predicted molar refractivity (Wildman–Crippen MR) is 145 cm³/mol. The molecule has 0 saturated carbocycles. The van der Waals surface area contributed by atoms with Crippen molar-refractivity contribution in [2.75, 3.05) is 45.9 Å². The fourth-order valence-electron chi connectivity index (χ4n) is 5.82. The summed E-state index contributed by atoms with van der Waals surface area (Å²) >= 11 is 0. The summed E-state index contributed by atoms with van der Waals surface area (Å²) in [6, 6.07) is 9.30. The van der Waals surface area contributed by atoms with Crippen LogP contribution in [0.2, 0.25) is 0 Å². The third-order valence-corrected chi connectivity index (χ3v) is 8.12. The molecule has 0 spiro atoms. The van der Waals surface area contributed by atoms with Gasteiger partial charge in [0.2, 0.25) is 0 Å².